The fraction of sp³-hybridized carbons (Fsp3) is 0.417. The Bertz CT molecular complexity index is 624. The van der Waals surface area contributed by atoms with Crippen molar-refractivity contribution in [2.75, 3.05) is 6.61 Å². The van der Waals surface area contributed by atoms with Gasteiger partial charge in [-0.15, -0.1) is 0 Å². The number of benzene rings is 1. The summed E-state index contributed by atoms with van der Waals surface area (Å²) in [5.41, 5.74) is -1.65. The summed E-state index contributed by atoms with van der Waals surface area (Å²) in [4.78, 5) is 6.65. The second-order valence-corrected chi connectivity index (χ2v) is 5.46. The third-order valence-electron chi connectivity index (χ3n) is 3.39. The Kier molecular flexibility index (Phi) is 3.15. The summed E-state index contributed by atoms with van der Waals surface area (Å²) >= 11 is 11.7. The zero-order chi connectivity index (χ0) is 14.5. The summed E-state index contributed by atoms with van der Waals surface area (Å²) in [5, 5.41) is 0.494. The van der Waals surface area contributed by atoms with Crippen LogP contribution in [-0.2, 0) is 10.3 Å². The molecule has 2 aromatic rings. The van der Waals surface area contributed by atoms with Crippen LogP contribution < -0.4 is 0 Å². The highest BCUT2D eigenvalue weighted by molar-refractivity contribution is 6.42. The zero-order valence-electron chi connectivity index (χ0n) is 10.0. The van der Waals surface area contributed by atoms with Crippen molar-refractivity contribution in [1.29, 1.82) is 0 Å². The van der Waals surface area contributed by atoms with Gasteiger partial charge < -0.3 is 9.72 Å². The molecular weight excluding hydrogens is 316 g/mol. The first kappa shape index (κ1) is 14.0. The largest absolute Gasteiger partial charge is 0.424 e. The molecule has 0 amide bonds. The van der Waals surface area contributed by atoms with Gasteiger partial charge in [-0.25, -0.2) is 4.98 Å². The Morgan fingerprint density at radius 2 is 1.95 bits per heavy atom. The molecule has 1 aromatic heterocycles. The number of hydrogen-bond donors (Lipinski definition) is 1. The van der Waals surface area contributed by atoms with Gasteiger partial charge in [0.15, 0.2) is 0 Å². The van der Waals surface area contributed by atoms with E-state index in [-0.39, 0.29) is 28.9 Å². The van der Waals surface area contributed by atoms with Gasteiger partial charge in [0.2, 0.25) is 5.60 Å². The summed E-state index contributed by atoms with van der Waals surface area (Å²) in [7, 11) is 0. The number of nitrogens with one attached hydrogen (secondary N) is 1. The van der Waals surface area contributed by atoms with Crippen molar-refractivity contribution < 1.29 is 17.9 Å². The lowest BCUT2D eigenvalue weighted by atomic mass is 9.99. The highest BCUT2D eigenvalue weighted by Gasteiger charge is 2.61. The number of aromatic nitrogens is 2. The van der Waals surface area contributed by atoms with Crippen LogP contribution in [0.1, 0.15) is 18.7 Å². The van der Waals surface area contributed by atoms with Crippen molar-refractivity contribution in [2.45, 2.75) is 24.6 Å². The zero-order valence-corrected chi connectivity index (χ0v) is 11.5. The van der Waals surface area contributed by atoms with E-state index < -0.39 is 11.8 Å². The number of aromatic amines is 1. The second kappa shape index (κ2) is 4.51. The van der Waals surface area contributed by atoms with E-state index in [9.17, 15) is 13.2 Å². The smallest absolute Gasteiger partial charge is 0.358 e. The predicted octanol–water partition coefficient (Wildman–Crippen LogP) is 4.44. The Labute approximate surface area is 122 Å². The minimum Gasteiger partial charge on any atom is -0.358 e. The lowest BCUT2D eigenvalue weighted by Gasteiger charge is -2.28. The fourth-order valence-corrected chi connectivity index (χ4v) is 2.70. The van der Waals surface area contributed by atoms with E-state index in [2.05, 4.69) is 9.97 Å². The lowest BCUT2D eigenvalue weighted by molar-refractivity contribution is -0.271. The molecule has 3 nitrogen and oxygen atoms in total. The summed E-state index contributed by atoms with van der Waals surface area (Å²) in [6, 6.07) is 2.88. The summed E-state index contributed by atoms with van der Waals surface area (Å²) in [5.74, 6) is -0.254. The molecule has 1 saturated heterocycles. The predicted molar refractivity (Wildman–Crippen MR) is 69.0 cm³/mol. The van der Waals surface area contributed by atoms with Crippen molar-refractivity contribution in [3.63, 3.8) is 0 Å². The number of halogens is 5. The SMILES string of the molecule is FC(F)(F)C1(c2nc3cc(Cl)c(Cl)cc3[nH]2)CCCO1. The molecule has 0 radical (unpaired) electrons. The number of alkyl halides is 3. The van der Waals surface area contributed by atoms with Crippen molar-refractivity contribution >= 4 is 34.2 Å². The van der Waals surface area contributed by atoms with E-state index in [1.807, 2.05) is 0 Å². The number of hydrogen-bond acceptors (Lipinski definition) is 2. The molecule has 0 aliphatic carbocycles. The quantitative estimate of drug-likeness (QED) is 0.842. The summed E-state index contributed by atoms with van der Waals surface area (Å²) < 4.78 is 45.1. The van der Waals surface area contributed by atoms with Gasteiger partial charge in [-0.2, -0.15) is 13.2 Å². The molecule has 1 fully saturated rings. The van der Waals surface area contributed by atoms with Gasteiger partial charge in [0.25, 0.3) is 0 Å². The van der Waals surface area contributed by atoms with E-state index in [1.165, 1.54) is 12.1 Å². The molecule has 1 aliphatic rings. The van der Waals surface area contributed by atoms with Crippen LogP contribution in [0.2, 0.25) is 10.0 Å². The number of ether oxygens (including phenoxy) is 1. The first-order valence-electron chi connectivity index (χ1n) is 5.89. The minimum absolute atomic E-state index is 0.0536. The van der Waals surface area contributed by atoms with Crippen LogP contribution in [0.15, 0.2) is 12.1 Å². The van der Waals surface area contributed by atoms with Crippen molar-refractivity contribution in [3.05, 3.63) is 28.0 Å². The molecule has 1 atom stereocenters. The van der Waals surface area contributed by atoms with E-state index >= 15 is 0 Å². The van der Waals surface area contributed by atoms with Gasteiger partial charge in [-0.3, -0.25) is 0 Å². The number of fused-ring (bicyclic) bond motifs is 1. The lowest BCUT2D eigenvalue weighted by Crippen LogP contribution is -2.42. The molecule has 1 aromatic carbocycles. The minimum atomic E-state index is -4.54. The number of nitrogens with zero attached hydrogens (tertiary/aromatic N) is 1. The molecule has 2 heterocycles. The number of imidazole rings is 1. The Morgan fingerprint density at radius 1 is 1.25 bits per heavy atom. The molecule has 0 bridgehead atoms. The van der Waals surface area contributed by atoms with Crippen molar-refractivity contribution in [2.24, 2.45) is 0 Å². The Hall–Kier alpha value is -0.980. The maximum atomic E-state index is 13.4. The molecule has 8 heteroatoms. The summed E-state index contributed by atoms with van der Waals surface area (Å²) in [6.45, 7) is 0.0536. The van der Waals surface area contributed by atoms with Crippen LogP contribution in [0, 0.1) is 0 Å². The van der Waals surface area contributed by atoms with Gasteiger partial charge >= 0.3 is 6.18 Å². The van der Waals surface area contributed by atoms with Crippen LogP contribution in [0.5, 0.6) is 0 Å². The van der Waals surface area contributed by atoms with Crippen LogP contribution >= 0.6 is 23.2 Å². The van der Waals surface area contributed by atoms with Crippen molar-refractivity contribution in [1.82, 2.24) is 9.97 Å². The average Bonchev–Trinajstić information content (AvgIpc) is 2.95. The van der Waals surface area contributed by atoms with E-state index in [4.69, 9.17) is 27.9 Å². The van der Waals surface area contributed by atoms with Crippen molar-refractivity contribution in [3.8, 4) is 0 Å². The molecule has 0 saturated carbocycles. The average molecular weight is 325 g/mol. The molecule has 108 valence electrons. The van der Waals surface area contributed by atoms with Crippen LogP contribution in [0.3, 0.4) is 0 Å². The maximum Gasteiger partial charge on any atom is 0.424 e. The Balaban J connectivity index is 2.18. The van der Waals surface area contributed by atoms with E-state index in [0.717, 1.165) is 0 Å². The first-order valence-corrected chi connectivity index (χ1v) is 6.65. The first-order chi connectivity index (χ1) is 9.33. The van der Waals surface area contributed by atoms with Gasteiger partial charge in [0.05, 0.1) is 21.1 Å². The van der Waals surface area contributed by atoms with Gasteiger partial charge in [0.1, 0.15) is 5.82 Å². The number of H-pyrrole nitrogens is 1. The molecular formula is C12H9Cl2F3N2O. The maximum absolute atomic E-state index is 13.4. The van der Waals surface area contributed by atoms with Gasteiger partial charge in [0, 0.05) is 6.61 Å². The van der Waals surface area contributed by atoms with Crippen LogP contribution in [-0.4, -0.2) is 22.8 Å². The monoisotopic (exact) mass is 324 g/mol. The highest BCUT2D eigenvalue weighted by Crippen LogP contribution is 2.48. The second-order valence-electron chi connectivity index (χ2n) is 4.65. The van der Waals surface area contributed by atoms with Gasteiger partial charge in [-0.1, -0.05) is 23.2 Å². The Morgan fingerprint density at radius 3 is 2.55 bits per heavy atom. The molecule has 1 aliphatic heterocycles. The normalized spacial score (nSPS) is 23.6. The molecule has 1 N–H and O–H groups in total. The third kappa shape index (κ3) is 1.98. The third-order valence-corrected chi connectivity index (χ3v) is 4.11. The molecule has 0 spiro atoms. The fourth-order valence-electron chi connectivity index (χ4n) is 2.38. The van der Waals surface area contributed by atoms with E-state index in [1.54, 1.807) is 0 Å². The topological polar surface area (TPSA) is 37.9 Å². The highest BCUT2D eigenvalue weighted by atomic mass is 35.5. The van der Waals surface area contributed by atoms with Crippen LogP contribution in [0.25, 0.3) is 11.0 Å². The summed E-state index contributed by atoms with van der Waals surface area (Å²) in [6.07, 6.45) is -4.36. The van der Waals surface area contributed by atoms with Crippen LogP contribution in [0.4, 0.5) is 13.2 Å². The molecule has 3 rings (SSSR count). The van der Waals surface area contributed by atoms with Gasteiger partial charge in [-0.05, 0) is 25.0 Å². The number of rotatable bonds is 1. The van der Waals surface area contributed by atoms with E-state index in [0.29, 0.717) is 17.5 Å². The molecule has 20 heavy (non-hydrogen) atoms. The standard InChI is InChI=1S/C12H9Cl2F3N2O/c13-6-4-8-9(5-7(6)14)19-10(18-8)11(12(15,16)17)2-1-3-20-11/h4-5H,1-3H2,(H,18,19). The molecule has 1 unspecified atom stereocenters.